The van der Waals surface area contributed by atoms with Gasteiger partial charge in [0, 0.05) is 13.7 Å². The highest BCUT2D eigenvalue weighted by Crippen LogP contribution is 2.35. The van der Waals surface area contributed by atoms with E-state index >= 15 is 0 Å². The van der Waals surface area contributed by atoms with Crippen molar-refractivity contribution in [3.8, 4) is 11.5 Å². The predicted molar refractivity (Wildman–Crippen MR) is 150 cm³/mol. The van der Waals surface area contributed by atoms with E-state index in [9.17, 15) is 5.11 Å². The minimum absolute atomic E-state index is 0.223. The van der Waals surface area contributed by atoms with Gasteiger partial charge in [0.2, 0.25) is 0 Å². The second kappa shape index (κ2) is 14.0. The summed E-state index contributed by atoms with van der Waals surface area (Å²) in [6.07, 6.45) is 4.13. The molecule has 1 heterocycles. The van der Waals surface area contributed by atoms with Crippen LogP contribution in [0.5, 0.6) is 11.5 Å². The van der Waals surface area contributed by atoms with E-state index < -0.39 is 6.10 Å². The van der Waals surface area contributed by atoms with Crippen molar-refractivity contribution in [2.75, 3.05) is 40.1 Å². The lowest BCUT2D eigenvalue weighted by Crippen LogP contribution is -2.38. The maximum atomic E-state index is 10.5. The molecule has 5 heteroatoms. The smallest absolute Gasteiger partial charge is 0.188 e. The van der Waals surface area contributed by atoms with Gasteiger partial charge in [0.15, 0.2) is 6.79 Å². The molecule has 1 aliphatic rings. The predicted octanol–water partition coefficient (Wildman–Crippen LogP) is 6.26. The molecule has 1 unspecified atom stereocenters. The first-order valence-electron chi connectivity index (χ1n) is 13.3. The number of nitrogens with zero attached hydrogens (tertiary/aromatic N) is 1. The average molecular weight is 502 g/mol. The summed E-state index contributed by atoms with van der Waals surface area (Å²) in [4.78, 5) is 2.33. The monoisotopic (exact) mass is 501 g/mol. The van der Waals surface area contributed by atoms with Gasteiger partial charge in [0.25, 0.3) is 0 Å². The lowest BCUT2D eigenvalue weighted by Gasteiger charge is -2.28. The molecular formula is C32H39NO4. The van der Waals surface area contributed by atoms with Gasteiger partial charge in [-0.05, 0) is 84.5 Å². The number of piperidine rings is 1. The highest BCUT2D eigenvalue weighted by molar-refractivity contribution is 5.98. The third-order valence-corrected chi connectivity index (χ3v) is 6.77. The summed E-state index contributed by atoms with van der Waals surface area (Å²) in [6, 6.07) is 26.9. The fraction of sp³-hybridized carbons (Fsp3) is 0.375. The molecule has 0 spiro atoms. The van der Waals surface area contributed by atoms with Gasteiger partial charge >= 0.3 is 0 Å². The van der Waals surface area contributed by atoms with E-state index in [0.29, 0.717) is 13.2 Å². The number of allylic oxidation sites excluding steroid dienone is 1. The Bertz CT molecular complexity index is 1100. The Balaban J connectivity index is 1.54. The van der Waals surface area contributed by atoms with Gasteiger partial charge in [-0.15, -0.1) is 0 Å². The van der Waals surface area contributed by atoms with Crippen LogP contribution in [0.25, 0.3) is 11.1 Å². The second-order valence-corrected chi connectivity index (χ2v) is 9.50. The fourth-order valence-electron chi connectivity index (χ4n) is 4.93. The lowest BCUT2D eigenvalue weighted by molar-refractivity contribution is 0.0511. The Hall–Kier alpha value is -3.12. The molecule has 3 aromatic rings. The number of ether oxygens (including phenoxy) is 3. The van der Waals surface area contributed by atoms with Gasteiger partial charge in [-0.2, -0.15) is 0 Å². The van der Waals surface area contributed by atoms with Crippen LogP contribution in [0.2, 0.25) is 0 Å². The SMILES string of the molecule is CCC(=C(c1ccc(OCOC)cc1)c1ccc(OCC(O)CN2CCCCC2)cc1)c1ccccc1. The average Bonchev–Trinajstić information content (AvgIpc) is 2.95. The topological polar surface area (TPSA) is 51.2 Å². The van der Waals surface area contributed by atoms with Crippen LogP contribution < -0.4 is 9.47 Å². The van der Waals surface area contributed by atoms with Crippen molar-refractivity contribution in [2.45, 2.75) is 38.7 Å². The van der Waals surface area contributed by atoms with Crippen molar-refractivity contribution in [2.24, 2.45) is 0 Å². The number of rotatable bonds is 12. The van der Waals surface area contributed by atoms with Crippen LogP contribution in [0.4, 0.5) is 0 Å². The Morgan fingerprint density at radius 1 is 0.784 bits per heavy atom. The van der Waals surface area contributed by atoms with Gasteiger partial charge in [0.1, 0.15) is 24.2 Å². The molecule has 0 aliphatic carbocycles. The lowest BCUT2D eigenvalue weighted by atomic mass is 9.88. The van der Waals surface area contributed by atoms with Gasteiger partial charge in [-0.1, -0.05) is 67.9 Å². The van der Waals surface area contributed by atoms with Crippen LogP contribution in [0.1, 0.15) is 49.3 Å². The molecule has 4 rings (SSSR count). The number of likely N-dealkylation sites (tertiary alicyclic amines) is 1. The molecule has 0 amide bonds. The normalized spacial score (nSPS) is 15.6. The molecule has 0 saturated carbocycles. The van der Waals surface area contributed by atoms with Crippen LogP contribution in [-0.2, 0) is 4.74 Å². The van der Waals surface area contributed by atoms with E-state index in [4.69, 9.17) is 14.2 Å². The first kappa shape index (κ1) is 26.9. The van der Waals surface area contributed by atoms with Crippen molar-refractivity contribution in [3.05, 3.63) is 95.6 Å². The van der Waals surface area contributed by atoms with E-state index in [0.717, 1.165) is 42.1 Å². The minimum Gasteiger partial charge on any atom is -0.491 e. The van der Waals surface area contributed by atoms with Crippen molar-refractivity contribution in [3.63, 3.8) is 0 Å². The molecule has 37 heavy (non-hydrogen) atoms. The number of benzene rings is 3. The van der Waals surface area contributed by atoms with Gasteiger partial charge < -0.3 is 24.2 Å². The van der Waals surface area contributed by atoms with E-state index in [1.807, 2.05) is 30.3 Å². The summed E-state index contributed by atoms with van der Waals surface area (Å²) in [7, 11) is 1.62. The van der Waals surface area contributed by atoms with Crippen molar-refractivity contribution >= 4 is 11.1 Å². The summed E-state index contributed by atoms with van der Waals surface area (Å²) in [6.45, 7) is 5.53. The van der Waals surface area contributed by atoms with Crippen LogP contribution in [0, 0.1) is 0 Å². The zero-order chi connectivity index (χ0) is 25.9. The number of methoxy groups -OCH3 is 1. The van der Waals surface area contributed by atoms with E-state index in [2.05, 4.69) is 60.4 Å². The van der Waals surface area contributed by atoms with E-state index in [1.165, 1.54) is 36.0 Å². The number of aliphatic hydroxyl groups is 1. The highest BCUT2D eigenvalue weighted by Gasteiger charge is 2.16. The molecule has 5 nitrogen and oxygen atoms in total. The number of β-amino-alcohol motifs (C(OH)–C–C–N with tert-alkyl or cyclic N) is 1. The van der Waals surface area contributed by atoms with Crippen LogP contribution in [-0.4, -0.2) is 56.3 Å². The first-order valence-corrected chi connectivity index (χ1v) is 13.3. The summed E-state index contributed by atoms with van der Waals surface area (Å²) in [5.74, 6) is 1.54. The molecule has 1 fully saturated rings. The Morgan fingerprint density at radius 3 is 1.95 bits per heavy atom. The zero-order valence-corrected chi connectivity index (χ0v) is 22.1. The summed E-state index contributed by atoms with van der Waals surface area (Å²) < 4.78 is 16.6. The minimum atomic E-state index is -0.489. The molecule has 1 N–H and O–H groups in total. The third kappa shape index (κ3) is 7.68. The van der Waals surface area contributed by atoms with Gasteiger partial charge in [-0.3, -0.25) is 0 Å². The van der Waals surface area contributed by atoms with Crippen molar-refractivity contribution in [1.82, 2.24) is 4.90 Å². The summed E-state index contributed by atoms with van der Waals surface area (Å²) in [5.41, 5.74) is 5.91. The highest BCUT2D eigenvalue weighted by atomic mass is 16.7. The second-order valence-electron chi connectivity index (χ2n) is 9.50. The van der Waals surface area contributed by atoms with Crippen LogP contribution in [0.15, 0.2) is 78.9 Å². The fourth-order valence-corrected chi connectivity index (χ4v) is 4.93. The van der Waals surface area contributed by atoms with Crippen LogP contribution >= 0.6 is 0 Å². The Morgan fingerprint density at radius 2 is 1.38 bits per heavy atom. The quantitative estimate of drug-likeness (QED) is 0.234. The number of hydrogen-bond acceptors (Lipinski definition) is 5. The van der Waals surface area contributed by atoms with E-state index in [-0.39, 0.29) is 6.79 Å². The Labute approximate surface area is 221 Å². The van der Waals surface area contributed by atoms with Crippen molar-refractivity contribution in [1.29, 1.82) is 0 Å². The molecule has 1 atom stereocenters. The largest absolute Gasteiger partial charge is 0.491 e. The van der Waals surface area contributed by atoms with Gasteiger partial charge in [-0.25, -0.2) is 0 Å². The summed E-state index contributed by atoms with van der Waals surface area (Å²) in [5, 5.41) is 10.5. The molecule has 196 valence electrons. The van der Waals surface area contributed by atoms with Crippen molar-refractivity contribution < 1.29 is 19.3 Å². The number of aliphatic hydroxyl groups excluding tert-OH is 1. The number of hydrogen-bond donors (Lipinski definition) is 1. The molecule has 0 radical (unpaired) electrons. The standard InChI is InChI=1S/C32H39NO4/c1-3-31(25-10-6-4-7-11-25)32(27-14-18-30(19-15-27)37-24-35-2)26-12-16-29(17-13-26)36-23-28(34)22-33-20-8-5-9-21-33/h4,6-7,10-19,28,34H,3,5,8-9,20-24H2,1-2H3. The molecule has 3 aromatic carbocycles. The molecule has 0 bridgehead atoms. The maximum absolute atomic E-state index is 10.5. The molecular weight excluding hydrogens is 462 g/mol. The first-order chi connectivity index (χ1) is 18.2. The molecule has 0 aromatic heterocycles. The van der Waals surface area contributed by atoms with Crippen LogP contribution in [0.3, 0.4) is 0 Å². The maximum Gasteiger partial charge on any atom is 0.188 e. The molecule has 1 saturated heterocycles. The Kier molecular flexibility index (Phi) is 10.2. The summed E-state index contributed by atoms with van der Waals surface area (Å²) >= 11 is 0. The third-order valence-electron chi connectivity index (χ3n) is 6.77. The zero-order valence-electron chi connectivity index (χ0n) is 22.1. The van der Waals surface area contributed by atoms with E-state index in [1.54, 1.807) is 7.11 Å². The van der Waals surface area contributed by atoms with Gasteiger partial charge in [0.05, 0.1) is 0 Å². The molecule has 1 aliphatic heterocycles.